The van der Waals surface area contributed by atoms with Gasteiger partial charge in [0.25, 0.3) is 0 Å². The van der Waals surface area contributed by atoms with E-state index in [9.17, 15) is 8.42 Å². The summed E-state index contributed by atoms with van der Waals surface area (Å²) in [4.78, 5) is 5.73. The van der Waals surface area contributed by atoms with Crippen molar-refractivity contribution < 1.29 is 13.2 Å². The van der Waals surface area contributed by atoms with E-state index >= 15 is 0 Å². The molecule has 1 aromatic rings. The van der Waals surface area contributed by atoms with Crippen molar-refractivity contribution in [1.29, 1.82) is 0 Å². The third-order valence-electron chi connectivity index (χ3n) is 2.69. The summed E-state index contributed by atoms with van der Waals surface area (Å²) in [6.07, 6.45) is 2.17. The van der Waals surface area contributed by atoms with Gasteiger partial charge >= 0.3 is 0 Å². The van der Waals surface area contributed by atoms with Crippen LogP contribution in [-0.2, 0) is 21.0 Å². The molecule has 0 amide bonds. The van der Waals surface area contributed by atoms with Crippen LogP contribution in [0.15, 0.2) is 22.5 Å². The quantitative estimate of drug-likeness (QED) is 0.232. The Morgan fingerprint density at radius 1 is 1.35 bits per heavy atom. The SMILES string of the molecule is CCNC(=NCCOCCS(C)(=O)=O)NCCc1cccs1.I. The molecule has 0 fully saturated rings. The predicted molar refractivity (Wildman–Crippen MR) is 108 cm³/mol. The van der Waals surface area contributed by atoms with Gasteiger partial charge in [-0.05, 0) is 24.8 Å². The summed E-state index contributed by atoms with van der Waals surface area (Å²) in [5, 5.41) is 8.51. The fourth-order valence-electron chi connectivity index (χ4n) is 1.64. The van der Waals surface area contributed by atoms with E-state index in [1.165, 1.54) is 11.1 Å². The Hall–Kier alpha value is -0.390. The van der Waals surface area contributed by atoms with Gasteiger partial charge in [0.15, 0.2) is 5.96 Å². The summed E-state index contributed by atoms with van der Waals surface area (Å²) in [5.41, 5.74) is 0. The highest BCUT2D eigenvalue weighted by molar-refractivity contribution is 14.0. The van der Waals surface area contributed by atoms with E-state index in [2.05, 4.69) is 27.1 Å². The van der Waals surface area contributed by atoms with E-state index in [4.69, 9.17) is 4.74 Å². The molecule has 6 nitrogen and oxygen atoms in total. The van der Waals surface area contributed by atoms with Crippen LogP contribution in [0.5, 0.6) is 0 Å². The van der Waals surface area contributed by atoms with E-state index in [0.717, 1.165) is 25.5 Å². The van der Waals surface area contributed by atoms with Crippen LogP contribution in [-0.4, -0.2) is 59.2 Å². The summed E-state index contributed by atoms with van der Waals surface area (Å²) >= 11 is 1.75. The maximum absolute atomic E-state index is 10.9. The number of rotatable bonds is 10. The minimum Gasteiger partial charge on any atom is -0.378 e. The molecule has 0 saturated heterocycles. The zero-order valence-corrected chi connectivity index (χ0v) is 17.5. The molecular formula is C14H26IN3O3S2. The molecule has 0 atom stereocenters. The lowest BCUT2D eigenvalue weighted by Gasteiger charge is -2.10. The molecule has 0 aliphatic rings. The van der Waals surface area contributed by atoms with E-state index in [1.807, 2.05) is 13.0 Å². The molecule has 0 spiro atoms. The maximum atomic E-state index is 10.9. The van der Waals surface area contributed by atoms with Gasteiger partial charge in [0.05, 0.1) is 25.5 Å². The molecule has 0 radical (unpaired) electrons. The first-order valence-corrected chi connectivity index (χ1v) is 10.3. The molecule has 0 bridgehead atoms. The zero-order valence-electron chi connectivity index (χ0n) is 13.6. The van der Waals surface area contributed by atoms with Gasteiger partial charge in [0.2, 0.25) is 0 Å². The molecule has 0 saturated carbocycles. The molecule has 0 aromatic carbocycles. The molecule has 1 rings (SSSR count). The lowest BCUT2D eigenvalue weighted by atomic mass is 10.3. The lowest BCUT2D eigenvalue weighted by molar-refractivity contribution is 0.157. The van der Waals surface area contributed by atoms with E-state index in [0.29, 0.717) is 13.2 Å². The van der Waals surface area contributed by atoms with Gasteiger partial charge in [0, 0.05) is 24.2 Å². The van der Waals surface area contributed by atoms with Gasteiger partial charge in [-0.2, -0.15) is 0 Å². The minimum atomic E-state index is -2.95. The molecule has 0 unspecified atom stereocenters. The largest absolute Gasteiger partial charge is 0.378 e. The molecule has 9 heteroatoms. The third-order valence-corrected chi connectivity index (χ3v) is 4.54. The minimum absolute atomic E-state index is 0. The van der Waals surface area contributed by atoms with Crippen molar-refractivity contribution in [2.75, 3.05) is 44.9 Å². The Balaban J connectivity index is 0.00000484. The smallest absolute Gasteiger partial charge is 0.191 e. The van der Waals surface area contributed by atoms with Gasteiger partial charge in [-0.3, -0.25) is 4.99 Å². The van der Waals surface area contributed by atoms with Crippen molar-refractivity contribution in [1.82, 2.24) is 10.6 Å². The number of hydrogen-bond donors (Lipinski definition) is 2. The summed E-state index contributed by atoms with van der Waals surface area (Å²) in [6, 6.07) is 4.17. The normalized spacial score (nSPS) is 11.8. The number of ether oxygens (including phenoxy) is 1. The second-order valence-corrected chi connectivity index (χ2v) is 8.05. The van der Waals surface area contributed by atoms with Crippen LogP contribution in [0.1, 0.15) is 11.8 Å². The Bertz CT molecular complexity index is 533. The molecule has 2 N–H and O–H groups in total. The van der Waals surface area contributed by atoms with Gasteiger partial charge in [0.1, 0.15) is 9.84 Å². The maximum Gasteiger partial charge on any atom is 0.191 e. The van der Waals surface area contributed by atoms with Gasteiger partial charge < -0.3 is 15.4 Å². The van der Waals surface area contributed by atoms with Crippen molar-refractivity contribution in [3.8, 4) is 0 Å². The van der Waals surface area contributed by atoms with Crippen molar-refractivity contribution in [2.24, 2.45) is 4.99 Å². The highest BCUT2D eigenvalue weighted by Crippen LogP contribution is 2.07. The number of hydrogen-bond acceptors (Lipinski definition) is 5. The summed E-state index contributed by atoms with van der Waals surface area (Å²) in [5.74, 6) is 0.807. The average molecular weight is 475 g/mol. The van der Waals surface area contributed by atoms with Crippen LogP contribution in [0.2, 0.25) is 0 Å². The summed E-state index contributed by atoms with van der Waals surface area (Å²) in [6.45, 7) is 4.76. The van der Waals surface area contributed by atoms with Gasteiger partial charge in [-0.15, -0.1) is 35.3 Å². The number of thiophene rings is 1. The Morgan fingerprint density at radius 3 is 2.74 bits per heavy atom. The van der Waals surface area contributed by atoms with Crippen LogP contribution in [0, 0.1) is 0 Å². The Morgan fingerprint density at radius 2 is 2.13 bits per heavy atom. The molecule has 0 aliphatic carbocycles. The van der Waals surface area contributed by atoms with Crippen LogP contribution >= 0.6 is 35.3 Å². The molecule has 1 aromatic heterocycles. The van der Waals surface area contributed by atoms with Crippen molar-refractivity contribution in [2.45, 2.75) is 13.3 Å². The number of aliphatic imine (C=N–C) groups is 1. The standard InChI is InChI=1S/C14H25N3O3S2.HI/c1-3-15-14(16-7-6-13-5-4-11-21-13)17-8-9-20-10-12-22(2,18)19;/h4-5,11H,3,6-10,12H2,1-2H3,(H2,15,16,17);1H. The van der Waals surface area contributed by atoms with Crippen molar-refractivity contribution in [3.63, 3.8) is 0 Å². The van der Waals surface area contributed by atoms with E-state index in [1.54, 1.807) is 11.3 Å². The summed E-state index contributed by atoms with van der Waals surface area (Å²) in [7, 11) is -2.95. The van der Waals surface area contributed by atoms with E-state index in [-0.39, 0.29) is 36.3 Å². The predicted octanol–water partition coefficient (Wildman–Crippen LogP) is 1.52. The second kappa shape index (κ2) is 13.0. The van der Waals surface area contributed by atoms with Crippen LogP contribution in [0.3, 0.4) is 0 Å². The fraction of sp³-hybridized carbons (Fsp3) is 0.643. The first-order valence-electron chi connectivity index (χ1n) is 7.31. The van der Waals surface area contributed by atoms with Crippen LogP contribution in [0.25, 0.3) is 0 Å². The van der Waals surface area contributed by atoms with Crippen molar-refractivity contribution >= 4 is 51.1 Å². The zero-order chi connectivity index (χ0) is 16.3. The first kappa shape index (κ1) is 22.6. The molecular weight excluding hydrogens is 449 g/mol. The van der Waals surface area contributed by atoms with Gasteiger partial charge in [-0.25, -0.2) is 8.42 Å². The molecule has 0 aliphatic heterocycles. The molecule has 134 valence electrons. The third kappa shape index (κ3) is 12.7. The van der Waals surface area contributed by atoms with E-state index < -0.39 is 9.84 Å². The number of sulfone groups is 1. The fourth-order valence-corrected chi connectivity index (χ4v) is 2.76. The Kier molecular flexibility index (Phi) is 12.7. The average Bonchev–Trinajstić information content (AvgIpc) is 2.94. The lowest BCUT2D eigenvalue weighted by Crippen LogP contribution is -2.38. The number of nitrogens with zero attached hydrogens (tertiary/aromatic N) is 1. The number of nitrogens with one attached hydrogen (secondary N) is 2. The number of guanidine groups is 1. The summed E-state index contributed by atoms with van der Waals surface area (Å²) < 4.78 is 27.2. The van der Waals surface area contributed by atoms with Crippen LogP contribution < -0.4 is 10.6 Å². The van der Waals surface area contributed by atoms with Gasteiger partial charge in [-0.1, -0.05) is 6.07 Å². The van der Waals surface area contributed by atoms with Crippen LogP contribution in [0.4, 0.5) is 0 Å². The topological polar surface area (TPSA) is 79.8 Å². The highest BCUT2D eigenvalue weighted by atomic mass is 127. The van der Waals surface area contributed by atoms with Crippen molar-refractivity contribution in [3.05, 3.63) is 22.4 Å². The first-order chi connectivity index (χ1) is 10.5. The number of halogens is 1. The highest BCUT2D eigenvalue weighted by Gasteiger charge is 2.01. The molecule has 1 heterocycles. The second-order valence-electron chi connectivity index (χ2n) is 4.76. The molecule has 23 heavy (non-hydrogen) atoms. The Labute approximate surface area is 160 Å². The monoisotopic (exact) mass is 475 g/mol.